The molecule has 0 spiro atoms. The number of benzene rings is 1. The first-order valence-electron chi connectivity index (χ1n) is 9.41. The molecule has 2 N–H and O–H groups in total. The molecular formula is C20H28N4O4. The summed E-state index contributed by atoms with van der Waals surface area (Å²) in [5, 5.41) is 16.5. The normalized spacial score (nSPS) is 15.5. The van der Waals surface area contributed by atoms with E-state index >= 15 is 0 Å². The first-order chi connectivity index (χ1) is 13.1. The number of carbonyl (C=O) groups is 2. The minimum atomic E-state index is -0.460. The molecule has 3 amide bonds. The fourth-order valence-electron chi connectivity index (χ4n) is 2.92. The second kappa shape index (κ2) is 9.34. The zero-order valence-corrected chi connectivity index (χ0v) is 16.6. The maximum absolute atomic E-state index is 12.2. The third kappa shape index (κ3) is 7.02. The van der Waals surface area contributed by atoms with Crippen LogP contribution in [0.2, 0.25) is 0 Å². The molecule has 2 rings (SSSR count). The highest BCUT2D eigenvalue weighted by molar-refractivity contribution is 5.91. The summed E-state index contributed by atoms with van der Waals surface area (Å²) in [4.78, 5) is 36.1. The van der Waals surface area contributed by atoms with Crippen molar-refractivity contribution in [1.29, 1.82) is 0 Å². The number of piperidine rings is 1. The number of nitro groups is 1. The Morgan fingerprint density at radius 3 is 2.36 bits per heavy atom. The van der Waals surface area contributed by atoms with Gasteiger partial charge < -0.3 is 15.5 Å². The van der Waals surface area contributed by atoms with Gasteiger partial charge in [-0.1, -0.05) is 0 Å². The van der Waals surface area contributed by atoms with Gasteiger partial charge in [-0.15, -0.1) is 0 Å². The summed E-state index contributed by atoms with van der Waals surface area (Å²) in [6, 6.07) is 5.96. The number of rotatable bonds is 5. The molecule has 0 aliphatic carbocycles. The average Bonchev–Trinajstić information content (AvgIpc) is 2.64. The van der Waals surface area contributed by atoms with Gasteiger partial charge in [0.25, 0.3) is 5.69 Å². The van der Waals surface area contributed by atoms with Gasteiger partial charge in [0.2, 0.25) is 5.91 Å². The molecule has 8 heteroatoms. The fraction of sp³-hybridized carbons (Fsp3) is 0.500. The predicted octanol–water partition coefficient (Wildman–Crippen LogP) is 2.94. The summed E-state index contributed by atoms with van der Waals surface area (Å²) < 4.78 is 0. The molecule has 0 aromatic heterocycles. The van der Waals surface area contributed by atoms with Gasteiger partial charge in [0.1, 0.15) is 0 Å². The lowest BCUT2D eigenvalue weighted by Gasteiger charge is -2.34. The summed E-state index contributed by atoms with van der Waals surface area (Å²) in [5.41, 5.74) is 0.487. The Balaban J connectivity index is 1.72. The number of carbonyl (C=O) groups excluding carboxylic acids is 2. The van der Waals surface area contributed by atoms with E-state index in [0.29, 0.717) is 25.6 Å². The van der Waals surface area contributed by atoms with Crippen molar-refractivity contribution >= 4 is 23.7 Å². The van der Waals surface area contributed by atoms with Crippen molar-refractivity contribution < 1.29 is 14.5 Å². The van der Waals surface area contributed by atoms with Gasteiger partial charge >= 0.3 is 6.03 Å². The third-order valence-electron chi connectivity index (χ3n) is 4.48. The molecule has 0 saturated carbocycles. The van der Waals surface area contributed by atoms with Crippen LogP contribution in [-0.4, -0.2) is 46.9 Å². The first-order valence-corrected chi connectivity index (χ1v) is 9.41. The minimum Gasteiger partial charge on any atom is -0.352 e. The number of nitrogens with zero attached hydrogens (tertiary/aromatic N) is 2. The van der Waals surface area contributed by atoms with Crippen LogP contribution in [0.15, 0.2) is 30.3 Å². The highest BCUT2D eigenvalue weighted by Crippen LogP contribution is 2.17. The second-order valence-corrected chi connectivity index (χ2v) is 8.04. The Bertz CT molecular complexity index is 730. The smallest absolute Gasteiger partial charge is 0.317 e. The van der Waals surface area contributed by atoms with Crippen molar-refractivity contribution in [2.45, 2.75) is 39.2 Å². The molecule has 152 valence electrons. The quantitative estimate of drug-likeness (QED) is 0.460. The lowest BCUT2D eigenvalue weighted by Crippen LogP contribution is -2.51. The summed E-state index contributed by atoms with van der Waals surface area (Å²) in [6.45, 7) is 7.80. The fourth-order valence-corrected chi connectivity index (χ4v) is 2.92. The molecule has 1 aromatic carbocycles. The van der Waals surface area contributed by atoms with Crippen LogP contribution in [0.4, 0.5) is 10.5 Å². The predicted molar refractivity (Wildman–Crippen MR) is 108 cm³/mol. The molecule has 0 unspecified atom stereocenters. The number of nitro benzene ring substituents is 1. The molecule has 0 radical (unpaired) electrons. The average molecular weight is 388 g/mol. The topological polar surface area (TPSA) is 105 Å². The molecule has 1 heterocycles. The van der Waals surface area contributed by atoms with Gasteiger partial charge in [-0.3, -0.25) is 14.9 Å². The summed E-state index contributed by atoms with van der Waals surface area (Å²) in [6.07, 6.45) is 4.75. The Labute approximate surface area is 165 Å². The number of nitrogens with one attached hydrogen (secondary N) is 2. The highest BCUT2D eigenvalue weighted by Gasteiger charge is 2.25. The minimum absolute atomic E-state index is 0.0177. The maximum Gasteiger partial charge on any atom is 0.317 e. The van der Waals surface area contributed by atoms with Gasteiger partial charge in [0.05, 0.1) is 4.92 Å². The van der Waals surface area contributed by atoms with Crippen LogP contribution < -0.4 is 10.6 Å². The van der Waals surface area contributed by atoms with Crippen LogP contribution >= 0.6 is 0 Å². The van der Waals surface area contributed by atoms with E-state index in [4.69, 9.17) is 0 Å². The van der Waals surface area contributed by atoms with E-state index in [-0.39, 0.29) is 23.2 Å². The summed E-state index contributed by atoms with van der Waals surface area (Å²) in [7, 11) is 0. The van der Waals surface area contributed by atoms with Crippen molar-refractivity contribution in [2.75, 3.05) is 19.6 Å². The summed E-state index contributed by atoms with van der Waals surface area (Å²) in [5.74, 6) is 0.140. The number of likely N-dealkylation sites (tertiary alicyclic amines) is 1. The Kier molecular flexibility index (Phi) is 7.14. The zero-order valence-electron chi connectivity index (χ0n) is 16.6. The van der Waals surface area contributed by atoms with Crippen molar-refractivity contribution in [3.05, 3.63) is 46.0 Å². The van der Waals surface area contributed by atoms with E-state index in [1.54, 1.807) is 18.2 Å². The Morgan fingerprint density at radius 1 is 1.21 bits per heavy atom. The third-order valence-corrected chi connectivity index (χ3v) is 4.48. The van der Waals surface area contributed by atoms with Gasteiger partial charge in [-0.2, -0.15) is 0 Å². The van der Waals surface area contributed by atoms with E-state index in [9.17, 15) is 19.7 Å². The van der Waals surface area contributed by atoms with E-state index in [1.807, 2.05) is 25.7 Å². The first kappa shape index (κ1) is 21.4. The SMILES string of the molecule is CC(C)(C)NC(=O)N1CCC(CNC(=O)/C=C/c2ccc([N+](=O)[O-])cc2)CC1. The lowest BCUT2D eigenvalue weighted by molar-refractivity contribution is -0.384. The number of non-ortho nitro benzene ring substituents is 1. The van der Waals surface area contributed by atoms with Crippen LogP contribution in [0.3, 0.4) is 0 Å². The van der Waals surface area contributed by atoms with Crippen molar-refractivity contribution in [1.82, 2.24) is 15.5 Å². The standard InChI is InChI=1S/C20H28N4O4/c1-20(2,3)22-19(26)23-12-10-16(11-13-23)14-21-18(25)9-6-15-4-7-17(8-5-15)24(27)28/h4-9,16H,10-14H2,1-3H3,(H,21,25)(H,22,26)/b9-6+. The monoisotopic (exact) mass is 388 g/mol. The van der Waals surface area contributed by atoms with Crippen LogP contribution in [0.25, 0.3) is 6.08 Å². The molecule has 8 nitrogen and oxygen atoms in total. The van der Waals surface area contributed by atoms with Gasteiger partial charge in [0.15, 0.2) is 0 Å². The molecule has 1 fully saturated rings. The molecule has 1 aromatic rings. The largest absolute Gasteiger partial charge is 0.352 e. The van der Waals surface area contributed by atoms with E-state index in [0.717, 1.165) is 18.4 Å². The van der Waals surface area contributed by atoms with Crippen molar-refractivity contribution in [2.24, 2.45) is 5.92 Å². The Hall–Kier alpha value is -2.90. The molecule has 1 aliphatic heterocycles. The molecule has 28 heavy (non-hydrogen) atoms. The molecule has 0 atom stereocenters. The maximum atomic E-state index is 12.2. The number of hydrogen-bond acceptors (Lipinski definition) is 4. The zero-order chi connectivity index (χ0) is 20.7. The number of hydrogen-bond donors (Lipinski definition) is 2. The molecule has 1 aliphatic rings. The van der Waals surface area contributed by atoms with Gasteiger partial charge in [-0.25, -0.2) is 4.79 Å². The van der Waals surface area contributed by atoms with Crippen LogP contribution in [0.1, 0.15) is 39.2 Å². The van der Waals surface area contributed by atoms with Crippen molar-refractivity contribution in [3.8, 4) is 0 Å². The van der Waals surface area contributed by atoms with E-state index in [1.165, 1.54) is 18.2 Å². The highest BCUT2D eigenvalue weighted by atomic mass is 16.6. The van der Waals surface area contributed by atoms with Crippen LogP contribution in [0, 0.1) is 16.0 Å². The molecular weight excluding hydrogens is 360 g/mol. The number of amides is 3. The van der Waals surface area contributed by atoms with E-state index in [2.05, 4.69) is 10.6 Å². The van der Waals surface area contributed by atoms with Gasteiger partial charge in [0, 0.05) is 43.4 Å². The molecule has 1 saturated heterocycles. The molecule has 0 bridgehead atoms. The summed E-state index contributed by atoms with van der Waals surface area (Å²) >= 11 is 0. The second-order valence-electron chi connectivity index (χ2n) is 8.04. The van der Waals surface area contributed by atoms with Crippen LogP contribution in [0.5, 0.6) is 0 Å². The lowest BCUT2D eigenvalue weighted by atomic mass is 9.97. The Morgan fingerprint density at radius 2 is 1.82 bits per heavy atom. The van der Waals surface area contributed by atoms with E-state index < -0.39 is 4.92 Å². The number of urea groups is 1. The van der Waals surface area contributed by atoms with Crippen LogP contribution in [-0.2, 0) is 4.79 Å². The van der Waals surface area contributed by atoms with Crippen molar-refractivity contribution in [3.63, 3.8) is 0 Å². The van der Waals surface area contributed by atoms with Gasteiger partial charge in [-0.05, 0) is 63.3 Å².